The van der Waals surface area contributed by atoms with Crippen molar-refractivity contribution in [1.29, 1.82) is 0 Å². The van der Waals surface area contributed by atoms with Crippen molar-refractivity contribution < 1.29 is 9.59 Å². The lowest BCUT2D eigenvalue weighted by Crippen LogP contribution is -2.40. The molecule has 1 fully saturated rings. The van der Waals surface area contributed by atoms with Crippen LogP contribution in [0.5, 0.6) is 0 Å². The lowest BCUT2D eigenvalue weighted by atomic mass is 10.0. The number of halogens is 1. The number of benzene rings is 1. The summed E-state index contributed by atoms with van der Waals surface area (Å²) in [7, 11) is 0. The summed E-state index contributed by atoms with van der Waals surface area (Å²) in [6, 6.07) is 8.10. The lowest BCUT2D eigenvalue weighted by Gasteiger charge is -2.23. The van der Waals surface area contributed by atoms with Gasteiger partial charge in [-0.05, 0) is 30.5 Å². The fourth-order valence-corrected chi connectivity index (χ4v) is 3.27. The van der Waals surface area contributed by atoms with E-state index in [2.05, 4.69) is 33.1 Å². The molecule has 5 nitrogen and oxygen atoms in total. The van der Waals surface area contributed by atoms with Gasteiger partial charge in [-0.2, -0.15) is 0 Å². The quantitative estimate of drug-likeness (QED) is 0.833. The molecule has 0 unspecified atom stereocenters. The van der Waals surface area contributed by atoms with Crippen molar-refractivity contribution in [3.05, 3.63) is 34.3 Å². The summed E-state index contributed by atoms with van der Waals surface area (Å²) >= 11 is 3.43. The Morgan fingerprint density at radius 2 is 1.88 bits per heavy atom. The predicted molar refractivity (Wildman–Crippen MR) is 98.6 cm³/mol. The molecule has 1 N–H and O–H groups in total. The number of hydrogen-bond donors (Lipinski definition) is 1. The summed E-state index contributed by atoms with van der Waals surface area (Å²) in [5.74, 6) is 0.156. The van der Waals surface area contributed by atoms with Crippen LogP contribution in [0.3, 0.4) is 0 Å². The Bertz CT molecular complexity index is 562. The Hall–Kier alpha value is -1.40. The van der Waals surface area contributed by atoms with E-state index in [1.807, 2.05) is 29.2 Å². The second kappa shape index (κ2) is 9.18. The molecule has 0 aliphatic carbocycles. The number of amides is 2. The summed E-state index contributed by atoms with van der Waals surface area (Å²) in [4.78, 5) is 27.9. The molecule has 24 heavy (non-hydrogen) atoms. The predicted octanol–water partition coefficient (Wildman–Crippen LogP) is 2.57. The third kappa shape index (κ3) is 5.60. The molecule has 0 radical (unpaired) electrons. The Balaban J connectivity index is 1.87. The summed E-state index contributed by atoms with van der Waals surface area (Å²) in [6.45, 7) is 7.15. The van der Waals surface area contributed by atoms with Gasteiger partial charge in [0.15, 0.2) is 0 Å². The van der Waals surface area contributed by atoms with E-state index in [0.29, 0.717) is 13.1 Å². The smallest absolute Gasteiger partial charge is 0.234 e. The normalized spacial score (nSPS) is 17.2. The van der Waals surface area contributed by atoms with Gasteiger partial charge >= 0.3 is 0 Å². The lowest BCUT2D eigenvalue weighted by molar-refractivity contribution is -0.128. The number of carbonyl (C=O) groups excluding carboxylic acids is 2. The summed E-state index contributed by atoms with van der Waals surface area (Å²) in [5, 5.41) is 3.13. The van der Waals surface area contributed by atoms with Gasteiger partial charge in [-0.25, -0.2) is 0 Å². The molecule has 0 aromatic heterocycles. The van der Waals surface area contributed by atoms with Crippen LogP contribution in [0.1, 0.15) is 38.3 Å². The fourth-order valence-electron chi connectivity index (χ4n) is 3.00. The number of rotatable bonds is 5. The number of hydrogen-bond acceptors (Lipinski definition) is 3. The molecule has 1 saturated heterocycles. The van der Waals surface area contributed by atoms with Gasteiger partial charge in [0.1, 0.15) is 0 Å². The standard InChI is InChI=1S/C18H26BrN3O2/c1-3-17(15-5-7-16(19)8-6-15)20-18(24)13-21-9-4-10-22(12-11-21)14(2)23/h5-8,17H,3-4,9-13H2,1-2H3,(H,20,24)/t17-/m0/s1. The highest BCUT2D eigenvalue weighted by molar-refractivity contribution is 9.10. The molecule has 1 heterocycles. The molecule has 1 aromatic carbocycles. The van der Waals surface area contributed by atoms with Crippen LogP contribution in [0.25, 0.3) is 0 Å². The van der Waals surface area contributed by atoms with Gasteiger partial charge in [-0.3, -0.25) is 14.5 Å². The van der Waals surface area contributed by atoms with Crippen LogP contribution < -0.4 is 5.32 Å². The van der Waals surface area contributed by atoms with Gasteiger partial charge in [-0.1, -0.05) is 35.0 Å². The van der Waals surface area contributed by atoms with Gasteiger partial charge < -0.3 is 10.2 Å². The van der Waals surface area contributed by atoms with Crippen molar-refractivity contribution in [2.75, 3.05) is 32.7 Å². The molecule has 6 heteroatoms. The highest BCUT2D eigenvalue weighted by Gasteiger charge is 2.19. The summed E-state index contributed by atoms with van der Waals surface area (Å²) in [6.07, 6.45) is 1.77. The minimum Gasteiger partial charge on any atom is -0.348 e. The molecule has 2 rings (SSSR count). The maximum atomic E-state index is 12.4. The molecule has 1 atom stereocenters. The largest absolute Gasteiger partial charge is 0.348 e. The van der Waals surface area contributed by atoms with E-state index in [1.165, 1.54) is 0 Å². The molecule has 2 amide bonds. The van der Waals surface area contributed by atoms with Gasteiger partial charge in [0.05, 0.1) is 12.6 Å². The minimum absolute atomic E-state index is 0.0336. The van der Waals surface area contributed by atoms with Gasteiger partial charge in [0.2, 0.25) is 11.8 Å². The number of nitrogens with one attached hydrogen (secondary N) is 1. The highest BCUT2D eigenvalue weighted by atomic mass is 79.9. The average Bonchev–Trinajstić information content (AvgIpc) is 2.79. The zero-order chi connectivity index (χ0) is 17.5. The molecule has 1 aliphatic rings. The summed E-state index contributed by atoms with van der Waals surface area (Å²) < 4.78 is 1.03. The van der Waals surface area contributed by atoms with E-state index < -0.39 is 0 Å². The highest BCUT2D eigenvalue weighted by Crippen LogP contribution is 2.19. The van der Waals surface area contributed by atoms with Crippen LogP contribution in [0.2, 0.25) is 0 Å². The molecular formula is C18H26BrN3O2. The van der Waals surface area contributed by atoms with Crippen molar-refractivity contribution in [1.82, 2.24) is 15.1 Å². The second-order valence-electron chi connectivity index (χ2n) is 6.22. The Morgan fingerprint density at radius 3 is 2.50 bits per heavy atom. The minimum atomic E-state index is 0.0336. The van der Waals surface area contributed by atoms with Gasteiger partial charge in [0, 0.05) is 37.6 Å². The average molecular weight is 396 g/mol. The molecule has 0 saturated carbocycles. The monoisotopic (exact) mass is 395 g/mol. The van der Waals surface area contributed by atoms with Crippen LogP contribution in [0, 0.1) is 0 Å². The van der Waals surface area contributed by atoms with E-state index in [0.717, 1.165) is 42.5 Å². The first-order valence-corrected chi connectivity index (χ1v) is 9.31. The zero-order valence-electron chi connectivity index (χ0n) is 14.4. The van der Waals surface area contributed by atoms with Crippen molar-refractivity contribution >= 4 is 27.7 Å². The van der Waals surface area contributed by atoms with E-state index in [-0.39, 0.29) is 17.9 Å². The third-order valence-corrected chi connectivity index (χ3v) is 4.95. The van der Waals surface area contributed by atoms with Crippen LogP contribution in [0.15, 0.2) is 28.7 Å². The molecular weight excluding hydrogens is 370 g/mol. The molecule has 0 bridgehead atoms. The Kier molecular flexibility index (Phi) is 7.24. The van der Waals surface area contributed by atoms with Crippen molar-refractivity contribution in [2.24, 2.45) is 0 Å². The van der Waals surface area contributed by atoms with Gasteiger partial charge in [-0.15, -0.1) is 0 Å². The van der Waals surface area contributed by atoms with Crippen molar-refractivity contribution in [3.8, 4) is 0 Å². The molecule has 1 aliphatic heterocycles. The van der Waals surface area contributed by atoms with E-state index in [1.54, 1.807) is 6.92 Å². The summed E-state index contributed by atoms with van der Waals surface area (Å²) in [5.41, 5.74) is 1.12. The van der Waals surface area contributed by atoms with Crippen molar-refractivity contribution in [3.63, 3.8) is 0 Å². The maximum absolute atomic E-state index is 12.4. The van der Waals surface area contributed by atoms with Crippen LogP contribution in [-0.4, -0.2) is 54.3 Å². The molecule has 132 valence electrons. The number of carbonyl (C=O) groups is 2. The van der Waals surface area contributed by atoms with Crippen LogP contribution in [0.4, 0.5) is 0 Å². The topological polar surface area (TPSA) is 52.7 Å². The van der Waals surface area contributed by atoms with Gasteiger partial charge in [0.25, 0.3) is 0 Å². The van der Waals surface area contributed by atoms with Crippen LogP contribution >= 0.6 is 15.9 Å². The van der Waals surface area contributed by atoms with Crippen LogP contribution in [-0.2, 0) is 9.59 Å². The van der Waals surface area contributed by atoms with E-state index in [4.69, 9.17) is 0 Å². The van der Waals surface area contributed by atoms with E-state index >= 15 is 0 Å². The van der Waals surface area contributed by atoms with E-state index in [9.17, 15) is 9.59 Å². The molecule has 0 spiro atoms. The Morgan fingerprint density at radius 1 is 1.17 bits per heavy atom. The molecule has 1 aromatic rings. The SMILES string of the molecule is CC[C@H](NC(=O)CN1CCCN(C(C)=O)CC1)c1ccc(Br)cc1. The second-order valence-corrected chi connectivity index (χ2v) is 7.13. The Labute approximate surface area is 152 Å². The maximum Gasteiger partial charge on any atom is 0.234 e. The zero-order valence-corrected chi connectivity index (χ0v) is 16.0. The fraction of sp³-hybridized carbons (Fsp3) is 0.556. The van der Waals surface area contributed by atoms with Crippen molar-refractivity contribution in [2.45, 2.75) is 32.7 Å². The first-order valence-electron chi connectivity index (χ1n) is 8.52. The first-order chi connectivity index (χ1) is 11.5. The number of nitrogens with zero attached hydrogens (tertiary/aromatic N) is 2. The first kappa shape index (κ1) is 18.9. The third-order valence-electron chi connectivity index (χ3n) is 4.42.